The van der Waals surface area contributed by atoms with Crippen LogP contribution >= 0.6 is 25.0 Å². The molecule has 0 aromatic heterocycles. The van der Waals surface area contributed by atoms with Crippen LogP contribution in [0.4, 0.5) is 0 Å². The predicted molar refractivity (Wildman–Crippen MR) is 50.3 cm³/mol. The van der Waals surface area contributed by atoms with E-state index < -0.39 is 11.5 Å². The van der Waals surface area contributed by atoms with Gasteiger partial charge in [-0.3, -0.25) is 4.79 Å². The van der Waals surface area contributed by atoms with Gasteiger partial charge in [0.25, 0.3) is 0 Å². The average molecular weight is 200 g/mol. The topological polar surface area (TPSA) is 52.3 Å². The van der Waals surface area contributed by atoms with E-state index in [9.17, 15) is 4.79 Å². The Bertz CT molecular complexity index is 130. The van der Waals surface area contributed by atoms with E-state index in [0.29, 0.717) is 12.4 Å². The molecule has 0 saturated carbocycles. The summed E-state index contributed by atoms with van der Waals surface area (Å²) in [6, 6.07) is 0. The molecule has 0 aromatic carbocycles. The van der Waals surface area contributed by atoms with Crippen molar-refractivity contribution in [3.8, 4) is 0 Å². The van der Waals surface area contributed by atoms with Gasteiger partial charge >= 0.3 is 5.97 Å². The summed E-state index contributed by atoms with van der Waals surface area (Å²) in [5, 5.41) is 0. The number of carbonyl (C=O) groups is 1. The van der Waals surface area contributed by atoms with Gasteiger partial charge in [0.2, 0.25) is 0 Å². The summed E-state index contributed by atoms with van der Waals surface area (Å²) in [5.74, 6) is -0.101. The summed E-state index contributed by atoms with van der Waals surface area (Å²) in [6.45, 7) is 3.70. The highest BCUT2D eigenvalue weighted by molar-refractivity contribution is 7.80. The Morgan fingerprint density at radius 3 is 2.45 bits per heavy atom. The van der Waals surface area contributed by atoms with Crippen molar-refractivity contribution in [2.45, 2.75) is 19.4 Å². The van der Waals surface area contributed by atoms with E-state index in [1.165, 1.54) is 0 Å². The van der Waals surface area contributed by atoms with Crippen LogP contribution in [-0.2, 0) is 9.53 Å². The van der Waals surface area contributed by atoms with E-state index in [1.54, 1.807) is 13.8 Å². The first-order chi connectivity index (χ1) is 4.54. The van der Waals surface area contributed by atoms with Gasteiger partial charge in [-0.05, 0) is 13.8 Å². The number of hydrogen-bond acceptors (Lipinski definition) is 4. The Morgan fingerprint density at radius 2 is 2.18 bits per heavy atom. The lowest BCUT2D eigenvalue weighted by Crippen LogP contribution is -2.47. The summed E-state index contributed by atoms with van der Waals surface area (Å²) in [5.41, 5.74) is 4.55. The molecule has 0 heterocycles. The molecule has 0 aliphatic rings. The molecule has 1 atom stereocenters. The molecule has 2 N–H and O–H groups in total. The Morgan fingerprint density at radius 1 is 1.73 bits per heavy atom. The number of carbonyl (C=O) groups excluding carboxylic acids is 1. The monoisotopic (exact) mass is 199 g/mol. The summed E-state index contributed by atoms with van der Waals surface area (Å²) in [7, 11) is 0. The molecular formula is C6H14ClNO2S. The average Bonchev–Trinajstić information content (AvgIpc) is 1.89. The van der Waals surface area contributed by atoms with Crippen molar-refractivity contribution in [2.75, 3.05) is 12.4 Å². The fraction of sp³-hybridized carbons (Fsp3) is 0.833. The van der Waals surface area contributed by atoms with E-state index in [4.69, 9.17) is 5.73 Å². The van der Waals surface area contributed by atoms with Crippen molar-refractivity contribution >= 4 is 31.0 Å². The van der Waals surface area contributed by atoms with E-state index in [0.717, 1.165) is 0 Å². The Hall–Kier alpha value is 0.0700. The number of ether oxygens (including phenoxy) is 1. The zero-order valence-corrected chi connectivity index (χ0v) is 8.37. The van der Waals surface area contributed by atoms with Crippen molar-refractivity contribution in [1.29, 1.82) is 0 Å². The largest absolute Gasteiger partial charge is 0.465 e. The third kappa shape index (κ3) is 4.50. The first-order valence-corrected chi connectivity index (χ1v) is 3.74. The highest BCUT2D eigenvalue weighted by atomic mass is 35.5. The van der Waals surface area contributed by atoms with E-state index in [1.807, 2.05) is 0 Å². The van der Waals surface area contributed by atoms with E-state index in [2.05, 4.69) is 17.4 Å². The smallest absolute Gasteiger partial charge is 0.326 e. The molecule has 0 amide bonds. The molecule has 0 rings (SSSR count). The molecule has 0 bridgehead atoms. The number of rotatable bonds is 3. The lowest BCUT2D eigenvalue weighted by molar-refractivity contribution is -0.148. The SMILES string of the molecule is CCOC(=O)[C@@](C)(N)CS.Cl. The molecule has 0 unspecified atom stereocenters. The van der Waals surface area contributed by atoms with Crippen LogP contribution in [0.3, 0.4) is 0 Å². The fourth-order valence-corrected chi connectivity index (χ4v) is 0.490. The van der Waals surface area contributed by atoms with Crippen LogP contribution in [0.5, 0.6) is 0 Å². The summed E-state index contributed by atoms with van der Waals surface area (Å²) < 4.78 is 4.68. The Balaban J connectivity index is 0. The highest BCUT2D eigenvalue weighted by Gasteiger charge is 2.27. The molecule has 0 aliphatic carbocycles. The molecule has 0 spiro atoms. The van der Waals surface area contributed by atoms with Gasteiger partial charge in [-0.15, -0.1) is 12.4 Å². The van der Waals surface area contributed by atoms with E-state index in [-0.39, 0.29) is 12.4 Å². The molecule has 0 aromatic rings. The lowest BCUT2D eigenvalue weighted by Gasteiger charge is -2.18. The fourth-order valence-electron chi connectivity index (χ4n) is 0.361. The molecular weight excluding hydrogens is 186 g/mol. The van der Waals surface area contributed by atoms with Crippen LogP contribution in [0, 0.1) is 0 Å². The minimum Gasteiger partial charge on any atom is -0.465 e. The van der Waals surface area contributed by atoms with Crippen molar-refractivity contribution in [3.63, 3.8) is 0 Å². The normalized spacial score (nSPS) is 14.5. The quantitative estimate of drug-likeness (QED) is 0.518. The van der Waals surface area contributed by atoms with Crippen LogP contribution < -0.4 is 5.73 Å². The van der Waals surface area contributed by atoms with Gasteiger partial charge < -0.3 is 10.5 Å². The first-order valence-electron chi connectivity index (χ1n) is 3.11. The van der Waals surface area contributed by atoms with Crippen molar-refractivity contribution < 1.29 is 9.53 Å². The summed E-state index contributed by atoms with van der Waals surface area (Å²) in [6.07, 6.45) is 0. The second-order valence-electron chi connectivity index (χ2n) is 2.30. The maximum atomic E-state index is 10.9. The first kappa shape index (κ1) is 13.6. The van der Waals surface area contributed by atoms with Crippen LogP contribution in [-0.4, -0.2) is 23.9 Å². The third-order valence-corrected chi connectivity index (χ3v) is 1.73. The van der Waals surface area contributed by atoms with Crippen LogP contribution in [0.25, 0.3) is 0 Å². The molecule has 11 heavy (non-hydrogen) atoms. The second kappa shape index (κ2) is 5.69. The number of thiol groups is 1. The molecule has 3 nitrogen and oxygen atoms in total. The van der Waals surface area contributed by atoms with Crippen molar-refractivity contribution in [1.82, 2.24) is 0 Å². The summed E-state index contributed by atoms with van der Waals surface area (Å²) in [4.78, 5) is 10.9. The standard InChI is InChI=1S/C6H13NO2S.ClH/c1-3-9-5(8)6(2,7)4-10;/h10H,3-4,7H2,1-2H3;1H/t6-;/m0./s1. The predicted octanol–water partition coefficient (Wildman–Crippen LogP) is 0.618. The molecule has 5 heteroatoms. The molecule has 0 radical (unpaired) electrons. The van der Waals surface area contributed by atoms with Gasteiger partial charge in [0.1, 0.15) is 5.54 Å². The van der Waals surface area contributed by atoms with Crippen LogP contribution in [0.1, 0.15) is 13.8 Å². The van der Waals surface area contributed by atoms with Gasteiger partial charge in [-0.2, -0.15) is 12.6 Å². The van der Waals surface area contributed by atoms with Gasteiger partial charge in [0.15, 0.2) is 0 Å². The van der Waals surface area contributed by atoms with Gasteiger partial charge in [-0.25, -0.2) is 0 Å². The number of hydrogen-bond donors (Lipinski definition) is 2. The van der Waals surface area contributed by atoms with Gasteiger partial charge in [-0.1, -0.05) is 0 Å². The maximum absolute atomic E-state index is 10.9. The minimum atomic E-state index is -0.945. The molecule has 0 aliphatic heterocycles. The molecule has 68 valence electrons. The molecule has 0 saturated heterocycles. The van der Waals surface area contributed by atoms with Gasteiger partial charge in [0, 0.05) is 5.75 Å². The Labute approximate surface area is 78.5 Å². The Kier molecular flexibility index (Phi) is 7.05. The zero-order valence-electron chi connectivity index (χ0n) is 6.66. The van der Waals surface area contributed by atoms with Crippen molar-refractivity contribution in [3.05, 3.63) is 0 Å². The lowest BCUT2D eigenvalue weighted by atomic mass is 10.1. The molecule has 0 fully saturated rings. The van der Waals surface area contributed by atoms with Gasteiger partial charge in [0.05, 0.1) is 6.61 Å². The highest BCUT2D eigenvalue weighted by Crippen LogP contribution is 2.03. The van der Waals surface area contributed by atoms with Crippen LogP contribution in [0.2, 0.25) is 0 Å². The second-order valence-corrected chi connectivity index (χ2v) is 2.61. The van der Waals surface area contributed by atoms with E-state index >= 15 is 0 Å². The minimum absolute atomic E-state index is 0. The van der Waals surface area contributed by atoms with Crippen LogP contribution in [0.15, 0.2) is 0 Å². The number of nitrogens with two attached hydrogens (primary N) is 1. The third-order valence-electron chi connectivity index (χ3n) is 1.07. The van der Waals surface area contributed by atoms with Crippen molar-refractivity contribution in [2.24, 2.45) is 5.73 Å². The zero-order chi connectivity index (χ0) is 8.20. The number of esters is 1. The number of halogens is 1. The maximum Gasteiger partial charge on any atom is 0.326 e. The summed E-state index contributed by atoms with van der Waals surface area (Å²) >= 11 is 3.91.